The van der Waals surface area contributed by atoms with Crippen LogP contribution >= 0.6 is 0 Å². The van der Waals surface area contributed by atoms with Crippen LogP contribution in [0.25, 0.3) is 32.6 Å². The second-order valence-corrected chi connectivity index (χ2v) is 10.6. The maximum atomic E-state index is 14.4. The monoisotopic (exact) mass is 573 g/mol. The maximum Gasteiger partial charge on any atom is 0.259 e. The molecule has 0 atom stereocenters. The number of aromatic nitrogens is 2. The molecule has 6 aromatic rings. The van der Waals surface area contributed by atoms with E-state index in [1.807, 2.05) is 41.1 Å². The van der Waals surface area contributed by atoms with E-state index in [-0.39, 0.29) is 12.4 Å². The quantitative estimate of drug-likeness (QED) is 0.192. The highest BCUT2D eigenvalue weighted by molar-refractivity contribution is 6.15. The number of nitrogens with zero attached hydrogens (tertiary/aromatic N) is 3. The van der Waals surface area contributed by atoms with Crippen LogP contribution in [-0.2, 0) is 19.6 Å². The van der Waals surface area contributed by atoms with Crippen LogP contribution < -0.4 is 24.5 Å². The molecule has 0 saturated heterocycles. The summed E-state index contributed by atoms with van der Waals surface area (Å²) in [7, 11) is 3.17. The SMILES string of the molecule is COc1cc2c(=O)n(CCN(Cc3ccccc3)Cc3ccccc3)c3c4cc5c(cc4ncc3c2cc1OC)OCO5. The Balaban J connectivity index is 1.40. The Morgan fingerprint density at radius 2 is 1.37 bits per heavy atom. The predicted octanol–water partition coefficient (Wildman–Crippen LogP) is 6.15. The first kappa shape index (κ1) is 26.8. The fraction of sp³-hybridized carbons (Fsp3) is 0.200. The highest BCUT2D eigenvalue weighted by atomic mass is 16.7. The van der Waals surface area contributed by atoms with E-state index in [1.165, 1.54) is 11.1 Å². The van der Waals surface area contributed by atoms with Crippen molar-refractivity contribution in [3.8, 4) is 23.0 Å². The lowest BCUT2D eigenvalue weighted by molar-refractivity contribution is 0.174. The van der Waals surface area contributed by atoms with Crippen LogP contribution in [-0.4, -0.2) is 42.0 Å². The molecule has 1 aliphatic rings. The molecule has 3 heterocycles. The van der Waals surface area contributed by atoms with Gasteiger partial charge in [-0.15, -0.1) is 0 Å². The van der Waals surface area contributed by atoms with Crippen LogP contribution in [0.3, 0.4) is 0 Å². The lowest BCUT2D eigenvalue weighted by Crippen LogP contribution is -2.31. The third-order valence-electron chi connectivity index (χ3n) is 8.03. The Kier molecular flexibility index (Phi) is 7.04. The highest BCUT2D eigenvalue weighted by Crippen LogP contribution is 2.40. The lowest BCUT2D eigenvalue weighted by atomic mass is 10.0. The van der Waals surface area contributed by atoms with Crippen LogP contribution in [0.4, 0.5) is 0 Å². The molecular weight excluding hydrogens is 542 g/mol. The van der Waals surface area contributed by atoms with E-state index in [4.69, 9.17) is 23.9 Å². The van der Waals surface area contributed by atoms with E-state index < -0.39 is 0 Å². The minimum absolute atomic E-state index is 0.104. The summed E-state index contributed by atoms with van der Waals surface area (Å²) in [5, 5.41) is 2.98. The Morgan fingerprint density at radius 3 is 2.00 bits per heavy atom. The summed E-state index contributed by atoms with van der Waals surface area (Å²) in [5.74, 6) is 2.35. The van der Waals surface area contributed by atoms with Gasteiger partial charge in [0.05, 0.1) is 30.6 Å². The summed E-state index contributed by atoms with van der Waals surface area (Å²) in [6, 6.07) is 28.3. The summed E-state index contributed by atoms with van der Waals surface area (Å²) < 4.78 is 24.4. The fourth-order valence-electron chi connectivity index (χ4n) is 5.93. The molecule has 0 aliphatic carbocycles. The van der Waals surface area contributed by atoms with E-state index in [1.54, 1.807) is 20.3 Å². The molecule has 0 bridgehead atoms. The average Bonchev–Trinajstić information content (AvgIpc) is 3.51. The summed E-state index contributed by atoms with van der Waals surface area (Å²) in [4.78, 5) is 21.5. The molecular formula is C35H31N3O5. The van der Waals surface area contributed by atoms with Crippen molar-refractivity contribution >= 4 is 32.6 Å². The van der Waals surface area contributed by atoms with Gasteiger partial charge in [0, 0.05) is 54.6 Å². The molecule has 0 saturated carbocycles. The van der Waals surface area contributed by atoms with Gasteiger partial charge < -0.3 is 23.5 Å². The third kappa shape index (κ3) is 5.00. The van der Waals surface area contributed by atoms with Gasteiger partial charge >= 0.3 is 0 Å². The number of pyridine rings is 2. The molecule has 0 spiro atoms. The first-order valence-corrected chi connectivity index (χ1v) is 14.2. The number of hydrogen-bond donors (Lipinski definition) is 0. The zero-order valence-corrected chi connectivity index (χ0v) is 24.1. The molecule has 0 fully saturated rings. The van der Waals surface area contributed by atoms with Crippen molar-refractivity contribution in [1.82, 2.24) is 14.5 Å². The second kappa shape index (κ2) is 11.3. The van der Waals surface area contributed by atoms with Crippen LogP contribution in [0.15, 0.2) is 95.9 Å². The van der Waals surface area contributed by atoms with Crippen LogP contribution in [0.5, 0.6) is 23.0 Å². The third-order valence-corrected chi connectivity index (χ3v) is 8.03. The van der Waals surface area contributed by atoms with Gasteiger partial charge in [-0.1, -0.05) is 60.7 Å². The molecule has 43 heavy (non-hydrogen) atoms. The standard InChI is InChI=1S/C35H31N3O5/c1-40-30-15-25-26(16-31(30)41-2)35(39)38(34-27-17-32-33(43-22-42-32)18-29(27)36-19-28(25)34)14-13-37(20-23-9-5-3-6-10-23)21-24-11-7-4-8-12-24/h3-12,15-19H,13-14,20-22H2,1-2H3. The summed E-state index contributed by atoms with van der Waals surface area (Å²) in [6.45, 7) is 2.77. The topological polar surface area (TPSA) is 75.1 Å². The van der Waals surface area contributed by atoms with Crippen molar-refractivity contribution in [2.45, 2.75) is 19.6 Å². The van der Waals surface area contributed by atoms with Gasteiger partial charge in [0.1, 0.15) is 0 Å². The molecule has 1 aliphatic heterocycles. The summed E-state index contributed by atoms with van der Waals surface area (Å²) in [5.41, 5.74) is 3.86. The van der Waals surface area contributed by atoms with Gasteiger partial charge in [-0.2, -0.15) is 0 Å². The number of rotatable bonds is 9. The second-order valence-electron chi connectivity index (χ2n) is 10.6. The van der Waals surface area contributed by atoms with Crippen LogP contribution in [0.2, 0.25) is 0 Å². The molecule has 0 unspecified atom stereocenters. The largest absolute Gasteiger partial charge is 0.493 e. The van der Waals surface area contributed by atoms with Crippen molar-refractivity contribution in [2.75, 3.05) is 27.6 Å². The minimum atomic E-state index is -0.104. The highest BCUT2D eigenvalue weighted by Gasteiger charge is 2.21. The first-order valence-electron chi connectivity index (χ1n) is 14.2. The van der Waals surface area contributed by atoms with E-state index >= 15 is 0 Å². The molecule has 8 heteroatoms. The predicted molar refractivity (Wildman–Crippen MR) is 167 cm³/mol. The Bertz CT molecular complexity index is 1970. The molecule has 216 valence electrons. The van der Waals surface area contributed by atoms with Crippen LogP contribution in [0, 0.1) is 0 Å². The number of hydrogen-bond acceptors (Lipinski definition) is 7. The lowest BCUT2D eigenvalue weighted by Gasteiger charge is -2.24. The van der Waals surface area contributed by atoms with Crippen molar-refractivity contribution < 1.29 is 18.9 Å². The molecule has 0 radical (unpaired) electrons. The minimum Gasteiger partial charge on any atom is -0.493 e. The van der Waals surface area contributed by atoms with E-state index in [0.29, 0.717) is 41.5 Å². The summed E-state index contributed by atoms with van der Waals surface area (Å²) >= 11 is 0. The van der Waals surface area contributed by atoms with Crippen molar-refractivity contribution in [3.05, 3.63) is 113 Å². The average molecular weight is 574 g/mol. The van der Waals surface area contributed by atoms with Crippen molar-refractivity contribution in [2.24, 2.45) is 0 Å². The maximum absolute atomic E-state index is 14.4. The van der Waals surface area contributed by atoms with E-state index in [0.717, 1.165) is 40.3 Å². The van der Waals surface area contributed by atoms with Gasteiger partial charge in [0.2, 0.25) is 6.79 Å². The Labute approximate surface area is 248 Å². The summed E-state index contributed by atoms with van der Waals surface area (Å²) in [6.07, 6.45) is 1.83. The molecule has 4 aromatic carbocycles. The normalized spacial score (nSPS) is 12.4. The first-order chi connectivity index (χ1) is 21.1. The zero-order chi connectivity index (χ0) is 29.3. The van der Waals surface area contributed by atoms with Gasteiger partial charge in [-0.25, -0.2) is 0 Å². The number of fused-ring (bicyclic) bond motifs is 6. The molecule has 2 aromatic heterocycles. The van der Waals surface area contributed by atoms with Gasteiger partial charge in [0.15, 0.2) is 23.0 Å². The Hall–Kier alpha value is -5.08. The van der Waals surface area contributed by atoms with Gasteiger partial charge in [-0.05, 0) is 29.3 Å². The van der Waals surface area contributed by atoms with Crippen molar-refractivity contribution in [3.63, 3.8) is 0 Å². The molecule has 8 nitrogen and oxygen atoms in total. The zero-order valence-electron chi connectivity index (χ0n) is 24.1. The van der Waals surface area contributed by atoms with Crippen LogP contribution in [0.1, 0.15) is 11.1 Å². The fourth-order valence-corrected chi connectivity index (χ4v) is 5.93. The smallest absolute Gasteiger partial charge is 0.259 e. The van der Waals surface area contributed by atoms with Crippen molar-refractivity contribution in [1.29, 1.82) is 0 Å². The van der Waals surface area contributed by atoms with Gasteiger partial charge in [0.25, 0.3) is 5.56 Å². The number of ether oxygens (including phenoxy) is 4. The van der Waals surface area contributed by atoms with Gasteiger partial charge in [-0.3, -0.25) is 14.7 Å². The molecule has 0 amide bonds. The molecule has 7 rings (SSSR count). The Morgan fingerprint density at radius 1 is 0.767 bits per heavy atom. The van der Waals surface area contributed by atoms with E-state index in [2.05, 4.69) is 53.4 Å². The van der Waals surface area contributed by atoms with E-state index in [9.17, 15) is 4.79 Å². The number of methoxy groups -OCH3 is 2. The molecule has 0 N–H and O–H groups in total. The number of benzene rings is 4.